The molecule has 0 bridgehead atoms. The molecule has 60 valence electrons. The maximum absolute atomic E-state index is 2.51. The van der Waals surface area contributed by atoms with E-state index in [1.54, 1.807) is 0 Å². The van der Waals surface area contributed by atoms with Crippen LogP contribution in [0.4, 0.5) is 0 Å². The number of rotatable bonds is 2. The average Bonchev–Trinajstić information content (AvgIpc) is 1.88. The molecule has 0 aliphatic carbocycles. The second kappa shape index (κ2) is 4.24. The van der Waals surface area contributed by atoms with Crippen molar-refractivity contribution >= 4 is 11.9 Å². The van der Waals surface area contributed by atoms with Crippen molar-refractivity contribution in [2.75, 3.05) is 13.1 Å². The zero-order chi connectivity index (χ0) is 7.40. The van der Waals surface area contributed by atoms with E-state index in [0.29, 0.717) is 0 Å². The van der Waals surface area contributed by atoms with Crippen LogP contribution in [0.2, 0.25) is 0 Å². The summed E-state index contributed by atoms with van der Waals surface area (Å²) in [6.45, 7) is 7.14. The van der Waals surface area contributed by atoms with Gasteiger partial charge in [0.2, 0.25) is 0 Å². The normalized spacial score (nSPS) is 21.9. The van der Waals surface area contributed by atoms with Crippen LogP contribution in [0.3, 0.4) is 0 Å². The summed E-state index contributed by atoms with van der Waals surface area (Å²) in [7, 11) is 0. The second-order valence-electron chi connectivity index (χ2n) is 3.14. The van der Waals surface area contributed by atoms with E-state index in [9.17, 15) is 0 Å². The van der Waals surface area contributed by atoms with Crippen molar-refractivity contribution in [2.45, 2.75) is 38.4 Å². The summed E-state index contributed by atoms with van der Waals surface area (Å²) < 4.78 is 2.51. The van der Waals surface area contributed by atoms with Crippen LogP contribution in [-0.2, 0) is 0 Å². The van der Waals surface area contributed by atoms with Gasteiger partial charge in [0.15, 0.2) is 0 Å². The molecule has 1 aliphatic heterocycles. The average molecular weight is 159 g/mol. The van der Waals surface area contributed by atoms with Crippen molar-refractivity contribution in [3.8, 4) is 0 Å². The van der Waals surface area contributed by atoms with Gasteiger partial charge in [0.25, 0.3) is 0 Å². The van der Waals surface area contributed by atoms with E-state index in [-0.39, 0.29) is 0 Å². The second-order valence-corrected chi connectivity index (χ2v) is 4.81. The SMILES string of the molecule is CC(C)SN1CCCCC1. The molecule has 0 unspecified atom stereocenters. The van der Waals surface area contributed by atoms with Gasteiger partial charge in [0, 0.05) is 18.3 Å². The molecule has 0 N–H and O–H groups in total. The molecule has 1 fully saturated rings. The Morgan fingerprint density at radius 1 is 1.10 bits per heavy atom. The van der Waals surface area contributed by atoms with Crippen LogP contribution in [0.25, 0.3) is 0 Å². The first-order chi connectivity index (χ1) is 4.79. The molecule has 1 nitrogen and oxygen atoms in total. The zero-order valence-electron chi connectivity index (χ0n) is 6.97. The van der Waals surface area contributed by atoms with Gasteiger partial charge in [-0.05, 0) is 12.8 Å². The first-order valence-electron chi connectivity index (χ1n) is 4.21. The van der Waals surface area contributed by atoms with Crippen molar-refractivity contribution in [3.05, 3.63) is 0 Å². The van der Waals surface area contributed by atoms with Gasteiger partial charge >= 0.3 is 0 Å². The highest BCUT2D eigenvalue weighted by Crippen LogP contribution is 2.21. The van der Waals surface area contributed by atoms with Crippen LogP contribution in [0, 0.1) is 0 Å². The summed E-state index contributed by atoms with van der Waals surface area (Å²) in [5, 5.41) is 0.762. The fourth-order valence-corrected chi connectivity index (χ4v) is 2.33. The first kappa shape index (κ1) is 8.41. The Labute approximate surface area is 68.3 Å². The predicted molar refractivity (Wildman–Crippen MR) is 48.2 cm³/mol. The standard InChI is InChI=1S/C8H17NS/c1-8(2)10-9-6-4-3-5-7-9/h8H,3-7H2,1-2H3. The molecular formula is C8H17NS. The Balaban J connectivity index is 2.13. The third-order valence-electron chi connectivity index (χ3n) is 1.67. The maximum atomic E-state index is 2.51. The van der Waals surface area contributed by atoms with Gasteiger partial charge in [-0.25, -0.2) is 0 Å². The molecule has 0 radical (unpaired) electrons. The van der Waals surface area contributed by atoms with Gasteiger partial charge in [-0.3, -0.25) is 4.31 Å². The quantitative estimate of drug-likeness (QED) is 0.570. The fourth-order valence-electron chi connectivity index (χ4n) is 1.27. The van der Waals surface area contributed by atoms with Crippen LogP contribution in [0.1, 0.15) is 33.1 Å². The largest absolute Gasteiger partial charge is 0.250 e. The number of nitrogens with zero attached hydrogens (tertiary/aromatic N) is 1. The zero-order valence-corrected chi connectivity index (χ0v) is 7.78. The summed E-state index contributed by atoms with van der Waals surface area (Å²) >= 11 is 2.01. The minimum atomic E-state index is 0.762. The Kier molecular flexibility index (Phi) is 3.57. The highest BCUT2D eigenvalue weighted by Gasteiger charge is 2.10. The van der Waals surface area contributed by atoms with E-state index in [1.165, 1.54) is 32.4 Å². The van der Waals surface area contributed by atoms with Gasteiger partial charge in [-0.2, -0.15) is 0 Å². The molecule has 0 saturated carbocycles. The van der Waals surface area contributed by atoms with Gasteiger partial charge in [0.1, 0.15) is 0 Å². The Morgan fingerprint density at radius 3 is 2.20 bits per heavy atom. The minimum Gasteiger partial charge on any atom is -0.250 e. The Hall–Kier alpha value is 0.310. The molecule has 0 spiro atoms. The van der Waals surface area contributed by atoms with Crippen LogP contribution < -0.4 is 0 Å². The number of hydrogen-bond acceptors (Lipinski definition) is 2. The van der Waals surface area contributed by atoms with Crippen molar-refractivity contribution in [1.29, 1.82) is 0 Å². The molecular weight excluding hydrogens is 142 g/mol. The van der Waals surface area contributed by atoms with Crippen LogP contribution in [-0.4, -0.2) is 22.6 Å². The lowest BCUT2D eigenvalue weighted by Gasteiger charge is -2.26. The molecule has 1 heterocycles. The molecule has 10 heavy (non-hydrogen) atoms. The first-order valence-corrected chi connectivity index (χ1v) is 5.04. The Morgan fingerprint density at radius 2 is 1.70 bits per heavy atom. The molecule has 1 saturated heterocycles. The predicted octanol–water partition coefficient (Wildman–Crippen LogP) is 2.53. The lowest BCUT2D eigenvalue weighted by atomic mass is 10.2. The molecule has 1 rings (SSSR count). The van der Waals surface area contributed by atoms with Gasteiger partial charge in [-0.15, -0.1) is 0 Å². The van der Waals surface area contributed by atoms with Gasteiger partial charge in [-0.1, -0.05) is 32.2 Å². The van der Waals surface area contributed by atoms with Crippen LogP contribution >= 0.6 is 11.9 Å². The third-order valence-corrected chi connectivity index (χ3v) is 2.76. The Bertz CT molecular complexity index is 87.3. The van der Waals surface area contributed by atoms with Crippen molar-refractivity contribution in [1.82, 2.24) is 4.31 Å². The van der Waals surface area contributed by atoms with E-state index in [4.69, 9.17) is 0 Å². The summed E-state index contributed by atoms with van der Waals surface area (Å²) in [4.78, 5) is 0. The van der Waals surface area contributed by atoms with E-state index < -0.39 is 0 Å². The highest BCUT2D eigenvalue weighted by molar-refractivity contribution is 7.97. The number of hydrogen-bond donors (Lipinski definition) is 0. The summed E-state index contributed by atoms with van der Waals surface area (Å²) in [5.74, 6) is 0. The molecule has 0 amide bonds. The van der Waals surface area contributed by atoms with E-state index in [0.717, 1.165) is 5.25 Å². The van der Waals surface area contributed by atoms with Crippen LogP contribution in [0.5, 0.6) is 0 Å². The van der Waals surface area contributed by atoms with Crippen LogP contribution in [0.15, 0.2) is 0 Å². The van der Waals surface area contributed by atoms with Crippen molar-refractivity contribution in [2.24, 2.45) is 0 Å². The summed E-state index contributed by atoms with van der Waals surface area (Å²) in [6, 6.07) is 0. The van der Waals surface area contributed by atoms with Gasteiger partial charge < -0.3 is 0 Å². The van der Waals surface area contributed by atoms with E-state index in [1.807, 2.05) is 11.9 Å². The van der Waals surface area contributed by atoms with E-state index >= 15 is 0 Å². The summed E-state index contributed by atoms with van der Waals surface area (Å²) in [6.07, 6.45) is 4.24. The highest BCUT2D eigenvalue weighted by atomic mass is 32.2. The molecule has 0 aromatic rings. The van der Waals surface area contributed by atoms with Gasteiger partial charge in [0.05, 0.1) is 0 Å². The minimum absolute atomic E-state index is 0.762. The molecule has 0 aromatic carbocycles. The lowest BCUT2D eigenvalue weighted by Crippen LogP contribution is -2.24. The third kappa shape index (κ3) is 2.93. The molecule has 2 heteroatoms. The monoisotopic (exact) mass is 159 g/mol. The van der Waals surface area contributed by atoms with E-state index in [2.05, 4.69) is 18.2 Å². The molecule has 0 atom stereocenters. The molecule has 0 aromatic heterocycles. The lowest BCUT2D eigenvalue weighted by molar-refractivity contribution is 0.379. The van der Waals surface area contributed by atoms with Crippen molar-refractivity contribution < 1.29 is 0 Å². The topological polar surface area (TPSA) is 3.24 Å². The summed E-state index contributed by atoms with van der Waals surface area (Å²) in [5.41, 5.74) is 0. The smallest absolute Gasteiger partial charge is 0.0138 e. The molecule has 1 aliphatic rings. The number of piperidine rings is 1. The van der Waals surface area contributed by atoms with Crippen molar-refractivity contribution in [3.63, 3.8) is 0 Å². The maximum Gasteiger partial charge on any atom is 0.0138 e. The fraction of sp³-hybridized carbons (Fsp3) is 1.00.